The zero-order valence-corrected chi connectivity index (χ0v) is 12.1. The Kier molecular flexibility index (Phi) is 5.16. The van der Waals surface area contributed by atoms with Gasteiger partial charge in [0, 0.05) is 11.8 Å². The molecule has 0 aliphatic carbocycles. The second-order valence-corrected chi connectivity index (χ2v) is 4.66. The summed E-state index contributed by atoms with van der Waals surface area (Å²) in [5.41, 5.74) is -2.34. The third-order valence-electron chi connectivity index (χ3n) is 3.01. The highest BCUT2D eigenvalue weighted by Gasteiger charge is 2.29. The molecule has 0 saturated heterocycles. The van der Waals surface area contributed by atoms with Crippen LogP contribution in [-0.2, 0) is 4.79 Å². The van der Waals surface area contributed by atoms with Gasteiger partial charge < -0.3 is 10.4 Å². The number of carboxylic acids is 1. The number of benzene rings is 2. The van der Waals surface area contributed by atoms with Crippen LogP contribution in [0.1, 0.15) is 10.4 Å². The number of anilines is 1. The first-order chi connectivity index (χ1) is 11.7. The number of carbonyl (C=O) groups excluding carboxylic acids is 1. The Labute approximate surface area is 137 Å². The molecule has 0 bridgehead atoms. The molecule has 0 saturated carbocycles. The largest absolute Gasteiger partial charge is 0.477 e. The summed E-state index contributed by atoms with van der Waals surface area (Å²) in [6, 6.07) is 7.55. The Hall–Kier alpha value is -3.23. The lowest BCUT2D eigenvalue weighted by Crippen LogP contribution is -2.16. The number of rotatable bonds is 5. The molecule has 0 amide bonds. The maximum atomic E-state index is 13.6. The smallest absolute Gasteiger partial charge is 0.352 e. The predicted octanol–water partition coefficient (Wildman–Crippen LogP) is 3.65. The van der Waals surface area contributed by atoms with Crippen LogP contribution >= 0.6 is 0 Å². The lowest BCUT2D eigenvalue weighted by atomic mass is 10.1. The Balaban J connectivity index is 2.48. The van der Waals surface area contributed by atoms with Gasteiger partial charge in [0.05, 0.1) is 5.56 Å². The van der Waals surface area contributed by atoms with E-state index in [1.165, 1.54) is 24.3 Å². The van der Waals surface area contributed by atoms with Crippen molar-refractivity contribution in [3.05, 3.63) is 76.8 Å². The molecule has 2 aromatic carbocycles. The van der Waals surface area contributed by atoms with Crippen LogP contribution in [0.15, 0.2) is 42.1 Å². The van der Waals surface area contributed by atoms with E-state index in [1.54, 1.807) is 6.07 Å². The molecule has 0 spiro atoms. The van der Waals surface area contributed by atoms with Crippen molar-refractivity contribution in [2.24, 2.45) is 0 Å². The summed E-state index contributed by atoms with van der Waals surface area (Å²) in [5, 5.41) is 11.3. The van der Waals surface area contributed by atoms with E-state index in [-0.39, 0.29) is 11.8 Å². The molecule has 0 aromatic heterocycles. The zero-order valence-electron chi connectivity index (χ0n) is 12.1. The highest BCUT2D eigenvalue weighted by atomic mass is 19.2. The Bertz CT molecular complexity index is 852. The molecule has 2 N–H and O–H groups in total. The molecular formula is C16H8F5NO3. The Morgan fingerprint density at radius 3 is 1.80 bits per heavy atom. The van der Waals surface area contributed by atoms with Crippen molar-refractivity contribution in [1.82, 2.24) is 0 Å². The maximum absolute atomic E-state index is 13.6. The SMILES string of the molecule is O=C(O)/C(=C\C(=O)c1c(F)c(F)c(F)c(F)c1F)Nc1ccccc1. The van der Waals surface area contributed by atoms with E-state index < -0.39 is 52.1 Å². The highest BCUT2D eigenvalue weighted by Crippen LogP contribution is 2.24. The van der Waals surface area contributed by atoms with Gasteiger partial charge in [0.1, 0.15) is 5.70 Å². The van der Waals surface area contributed by atoms with Crippen LogP contribution in [0.25, 0.3) is 0 Å². The first-order valence-electron chi connectivity index (χ1n) is 6.56. The molecule has 130 valence electrons. The molecule has 2 aromatic rings. The molecule has 2 rings (SSSR count). The maximum Gasteiger partial charge on any atom is 0.352 e. The minimum absolute atomic E-state index is 0.223. The molecule has 0 unspecified atom stereocenters. The number of halogens is 5. The van der Waals surface area contributed by atoms with E-state index in [4.69, 9.17) is 5.11 Å². The van der Waals surface area contributed by atoms with Crippen molar-refractivity contribution in [2.75, 3.05) is 5.32 Å². The monoisotopic (exact) mass is 357 g/mol. The fourth-order valence-corrected chi connectivity index (χ4v) is 1.85. The molecule has 0 fully saturated rings. The topological polar surface area (TPSA) is 66.4 Å². The first-order valence-corrected chi connectivity index (χ1v) is 6.56. The van der Waals surface area contributed by atoms with E-state index in [1.807, 2.05) is 0 Å². The number of allylic oxidation sites excluding steroid dienone is 1. The molecule has 0 aliphatic rings. The molecule has 0 aliphatic heterocycles. The van der Waals surface area contributed by atoms with Crippen LogP contribution < -0.4 is 5.32 Å². The fourth-order valence-electron chi connectivity index (χ4n) is 1.85. The second-order valence-electron chi connectivity index (χ2n) is 4.66. The first kappa shape index (κ1) is 18.1. The highest BCUT2D eigenvalue weighted by molar-refractivity contribution is 6.09. The van der Waals surface area contributed by atoms with E-state index in [0.29, 0.717) is 0 Å². The van der Waals surface area contributed by atoms with Crippen molar-refractivity contribution in [3.63, 3.8) is 0 Å². The van der Waals surface area contributed by atoms with Gasteiger partial charge in [-0.05, 0) is 12.1 Å². The summed E-state index contributed by atoms with van der Waals surface area (Å²) < 4.78 is 66.4. The van der Waals surface area contributed by atoms with Gasteiger partial charge in [0.25, 0.3) is 0 Å². The van der Waals surface area contributed by atoms with Crippen LogP contribution in [0.3, 0.4) is 0 Å². The normalized spacial score (nSPS) is 11.3. The number of nitrogens with one attached hydrogen (secondary N) is 1. The number of ketones is 1. The standard InChI is InChI=1S/C16H8F5NO3/c17-11-10(12(18)14(20)15(21)13(11)19)9(23)6-8(16(24)25)22-7-4-2-1-3-5-7/h1-6,22H,(H,24,25)/b8-6+. The minimum Gasteiger partial charge on any atom is -0.477 e. The summed E-state index contributed by atoms with van der Waals surface area (Å²) in [5.74, 6) is -15.1. The summed E-state index contributed by atoms with van der Waals surface area (Å²) in [6.07, 6.45) is 0.230. The number of aliphatic carboxylic acids is 1. The van der Waals surface area contributed by atoms with Gasteiger partial charge in [0.2, 0.25) is 5.82 Å². The lowest BCUT2D eigenvalue weighted by molar-refractivity contribution is -0.132. The molecule has 0 heterocycles. The Morgan fingerprint density at radius 2 is 1.32 bits per heavy atom. The summed E-state index contributed by atoms with van der Waals surface area (Å²) >= 11 is 0. The number of hydrogen-bond donors (Lipinski definition) is 2. The summed E-state index contributed by atoms with van der Waals surface area (Å²) in [6.45, 7) is 0. The van der Waals surface area contributed by atoms with E-state index >= 15 is 0 Å². The van der Waals surface area contributed by atoms with Gasteiger partial charge in [-0.15, -0.1) is 0 Å². The number of para-hydroxylation sites is 1. The number of carbonyl (C=O) groups is 2. The van der Waals surface area contributed by atoms with Crippen molar-refractivity contribution in [3.8, 4) is 0 Å². The summed E-state index contributed by atoms with van der Waals surface area (Å²) in [7, 11) is 0. The lowest BCUT2D eigenvalue weighted by Gasteiger charge is -2.08. The van der Waals surface area contributed by atoms with Crippen LogP contribution in [-0.4, -0.2) is 16.9 Å². The average molecular weight is 357 g/mol. The zero-order chi connectivity index (χ0) is 18.7. The van der Waals surface area contributed by atoms with E-state index in [9.17, 15) is 31.5 Å². The van der Waals surface area contributed by atoms with Crippen LogP contribution in [0, 0.1) is 29.1 Å². The Morgan fingerprint density at radius 1 is 0.840 bits per heavy atom. The van der Waals surface area contributed by atoms with E-state index in [0.717, 1.165) is 0 Å². The minimum atomic E-state index is -2.42. The van der Waals surface area contributed by atoms with Crippen molar-refractivity contribution in [2.45, 2.75) is 0 Å². The van der Waals surface area contributed by atoms with Crippen LogP contribution in [0.5, 0.6) is 0 Å². The van der Waals surface area contributed by atoms with Gasteiger partial charge in [0.15, 0.2) is 29.1 Å². The van der Waals surface area contributed by atoms with E-state index in [2.05, 4.69) is 5.32 Å². The average Bonchev–Trinajstić information content (AvgIpc) is 2.58. The molecule has 25 heavy (non-hydrogen) atoms. The molecule has 9 heteroatoms. The second kappa shape index (κ2) is 7.12. The van der Waals surface area contributed by atoms with Gasteiger partial charge in [-0.1, -0.05) is 18.2 Å². The van der Waals surface area contributed by atoms with Gasteiger partial charge in [-0.2, -0.15) is 0 Å². The third kappa shape index (κ3) is 3.65. The van der Waals surface area contributed by atoms with Gasteiger partial charge in [-0.3, -0.25) is 4.79 Å². The molecule has 0 atom stereocenters. The molecular weight excluding hydrogens is 349 g/mol. The van der Waals surface area contributed by atoms with Crippen molar-refractivity contribution in [1.29, 1.82) is 0 Å². The quantitative estimate of drug-likeness (QED) is 0.282. The van der Waals surface area contributed by atoms with Crippen molar-refractivity contribution < 1.29 is 36.6 Å². The third-order valence-corrected chi connectivity index (χ3v) is 3.01. The van der Waals surface area contributed by atoms with Gasteiger partial charge >= 0.3 is 5.97 Å². The summed E-state index contributed by atoms with van der Waals surface area (Å²) in [4.78, 5) is 23.0. The predicted molar refractivity (Wildman–Crippen MR) is 76.3 cm³/mol. The van der Waals surface area contributed by atoms with Crippen molar-refractivity contribution >= 4 is 17.4 Å². The number of hydrogen-bond acceptors (Lipinski definition) is 3. The molecule has 0 radical (unpaired) electrons. The fraction of sp³-hybridized carbons (Fsp3) is 0. The van der Waals surface area contributed by atoms with Crippen LogP contribution in [0.2, 0.25) is 0 Å². The molecule has 4 nitrogen and oxygen atoms in total. The number of carboxylic acid groups (broad SMARTS) is 1. The van der Waals surface area contributed by atoms with Crippen LogP contribution in [0.4, 0.5) is 27.6 Å². The van der Waals surface area contributed by atoms with Gasteiger partial charge in [-0.25, -0.2) is 26.7 Å².